The Balaban J connectivity index is 2.47. The molecule has 1 heterocycles. The third-order valence-corrected chi connectivity index (χ3v) is 2.08. The molecule has 74 valence electrons. The predicted molar refractivity (Wildman–Crippen MR) is 46.3 cm³/mol. The molecular formula is C8H14N2O3. The minimum absolute atomic E-state index is 0.00222. The van der Waals surface area contributed by atoms with E-state index < -0.39 is 5.97 Å². The molecule has 1 amide bonds. The Morgan fingerprint density at radius 1 is 1.77 bits per heavy atom. The molecule has 1 unspecified atom stereocenters. The van der Waals surface area contributed by atoms with Gasteiger partial charge in [-0.15, -0.1) is 0 Å². The van der Waals surface area contributed by atoms with Gasteiger partial charge in [0.05, 0.1) is 19.0 Å². The van der Waals surface area contributed by atoms with Crippen LogP contribution >= 0.6 is 0 Å². The highest BCUT2D eigenvalue weighted by molar-refractivity contribution is 5.80. The minimum Gasteiger partial charge on any atom is -0.481 e. The zero-order chi connectivity index (χ0) is 9.84. The molecule has 0 radical (unpaired) electrons. The number of piperazine rings is 1. The van der Waals surface area contributed by atoms with Gasteiger partial charge in [-0.2, -0.15) is 0 Å². The average Bonchev–Trinajstić information content (AvgIpc) is 2.01. The summed E-state index contributed by atoms with van der Waals surface area (Å²) in [5.74, 6) is -0.956. The first kappa shape index (κ1) is 9.98. The Morgan fingerprint density at radius 2 is 2.46 bits per heavy atom. The lowest BCUT2D eigenvalue weighted by Gasteiger charge is -2.31. The van der Waals surface area contributed by atoms with Crippen LogP contribution in [0, 0.1) is 0 Å². The van der Waals surface area contributed by atoms with Crippen molar-refractivity contribution in [1.29, 1.82) is 0 Å². The number of rotatable bonds is 3. The highest BCUT2D eigenvalue weighted by Gasteiger charge is 2.24. The van der Waals surface area contributed by atoms with Crippen molar-refractivity contribution in [1.82, 2.24) is 10.2 Å². The molecule has 1 rings (SSSR count). The first-order valence-corrected chi connectivity index (χ1v) is 4.35. The number of carboxylic acid groups (broad SMARTS) is 1. The predicted octanol–water partition coefficient (Wildman–Crippen LogP) is -0.719. The van der Waals surface area contributed by atoms with Crippen molar-refractivity contribution in [3.8, 4) is 0 Å². The third kappa shape index (κ3) is 3.02. The lowest BCUT2D eigenvalue weighted by atomic mass is 10.1. The number of nitrogens with one attached hydrogen (secondary N) is 1. The molecule has 1 saturated heterocycles. The number of aliphatic carboxylic acids is 1. The van der Waals surface area contributed by atoms with Gasteiger partial charge in [-0.25, -0.2) is 0 Å². The van der Waals surface area contributed by atoms with E-state index in [1.807, 2.05) is 11.8 Å². The number of likely N-dealkylation sites (N-methyl/N-ethyl adjacent to an activating group) is 1. The molecule has 0 aromatic carbocycles. The molecular weight excluding hydrogens is 172 g/mol. The van der Waals surface area contributed by atoms with Crippen LogP contribution in [0.3, 0.4) is 0 Å². The molecule has 1 aliphatic rings. The maximum absolute atomic E-state index is 11.1. The maximum Gasteiger partial charge on any atom is 0.305 e. The Labute approximate surface area is 76.7 Å². The van der Waals surface area contributed by atoms with Crippen LogP contribution in [-0.4, -0.2) is 47.6 Å². The van der Waals surface area contributed by atoms with Crippen molar-refractivity contribution in [2.24, 2.45) is 0 Å². The van der Waals surface area contributed by atoms with Gasteiger partial charge in [-0.05, 0) is 6.54 Å². The van der Waals surface area contributed by atoms with Gasteiger partial charge in [0, 0.05) is 6.54 Å². The number of nitrogens with zero attached hydrogens (tertiary/aromatic N) is 1. The van der Waals surface area contributed by atoms with E-state index in [-0.39, 0.29) is 18.4 Å². The molecule has 0 aromatic rings. The molecule has 0 aromatic heterocycles. The lowest BCUT2D eigenvalue weighted by Crippen LogP contribution is -2.54. The van der Waals surface area contributed by atoms with Crippen molar-refractivity contribution in [2.75, 3.05) is 19.6 Å². The fourth-order valence-corrected chi connectivity index (χ4v) is 1.47. The van der Waals surface area contributed by atoms with E-state index in [1.54, 1.807) is 0 Å². The number of amides is 1. The second kappa shape index (κ2) is 4.23. The Hall–Kier alpha value is -1.10. The van der Waals surface area contributed by atoms with Crippen LogP contribution < -0.4 is 5.32 Å². The second-order valence-corrected chi connectivity index (χ2v) is 3.19. The Kier molecular flexibility index (Phi) is 3.25. The zero-order valence-electron chi connectivity index (χ0n) is 7.62. The quantitative estimate of drug-likeness (QED) is 0.610. The van der Waals surface area contributed by atoms with Gasteiger partial charge >= 0.3 is 5.97 Å². The number of carbonyl (C=O) groups excluding carboxylic acids is 1. The lowest BCUT2D eigenvalue weighted by molar-refractivity contribution is -0.138. The van der Waals surface area contributed by atoms with Gasteiger partial charge in [0.2, 0.25) is 5.91 Å². The van der Waals surface area contributed by atoms with Crippen LogP contribution in [-0.2, 0) is 9.59 Å². The van der Waals surface area contributed by atoms with Crippen molar-refractivity contribution in [2.45, 2.75) is 19.4 Å². The molecule has 5 heteroatoms. The van der Waals surface area contributed by atoms with Crippen LogP contribution in [0.2, 0.25) is 0 Å². The summed E-state index contributed by atoms with van der Waals surface area (Å²) in [5.41, 5.74) is 0. The first-order chi connectivity index (χ1) is 6.11. The summed E-state index contributed by atoms with van der Waals surface area (Å²) in [7, 11) is 0. The molecule has 1 atom stereocenters. The van der Waals surface area contributed by atoms with Crippen LogP contribution in [0.1, 0.15) is 13.3 Å². The minimum atomic E-state index is -0.872. The number of hydrogen-bond donors (Lipinski definition) is 2. The van der Waals surface area contributed by atoms with Gasteiger partial charge < -0.3 is 10.4 Å². The molecule has 13 heavy (non-hydrogen) atoms. The van der Waals surface area contributed by atoms with E-state index >= 15 is 0 Å². The van der Waals surface area contributed by atoms with Crippen LogP contribution in [0.5, 0.6) is 0 Å². The van der Waals surface area contributed by atoms with Crippen molar-refractivity contribution >= 4 is 11.9 Å². The first-order valence-electron chi connectivity index (χ1n) is 4.35. The molecule has 1 aliphatic heterocycles. The molecule has 1 fully saturated rings. The van der Waals surface area contributed by atoms with Crippen LogP contribution in [0.25, 0.3) is 0 Å². The van der Waals surface area contributed by atoms with Crippen molar-refractivity contribution in [3.63, 3.8) is 0 Å². The molecule has 0 spiro atoms. The summed E-state index contributed by atoms with van der Waals surface area (Å²) >= 11 is 0. The van der Waals surface area contributed by atoms with Gasteiger partial charge in [0.1, 0.15) is 0 Å². The Morgan fingerprint density at radius 3 is 3.00 bits per heavy atom. The number of carboxylic acids is 1. The molecule has 0 aliphatic carbocycles. The zero-order valence-corrected chi connectivity index (χ0v) is 7.62. The third-order valence-electron chi connectivity index (χ3n) is 2.08. The smallest absolute Gasteiger partial charge is 0.305 e. The summed E-state index contributed by atoms with van der Waals surface area (Å²) in [5, 5.41) is 11.2. The fourth-order valence-electron chi connectivity index (χ4n) is 1.47. The van der Waals surface area contributed by atoms with E-state index in [0.29, 0.717) is 13.1 Å². The van der Waals surface area contributed by atoms with Crippen molar-refractivity contribution < 1.29 is 14.7 Å². The van der Waals surface area contributed by atoms with Crippen LogP contribution in [0.4, 0.5) is 0 Å². The summed E-state index contributed by atoms with van der Waals surface area (Å²) in [6.07, 6.45) is 0.00222. The summed E-state index contributed by atoms with van der Waals surface area (Å²) < 4.78 is 0. The molecule has 0 saturated carbocycles. The topological polar surface area (TPSA) is 69.6 Å². The number of hydrogen-bond acceptors (Lipinski definition) is 3. The fraction of sp³-hybridized carbons (Fsp3) is 0.750. The van der Waals surface area contributed by atoms with Gasteiger partial charge in [-0.3, -0.25) is 14.5 Å². The van der Waals surface area contributed by atoms with Gasteiger partial charge in [0.15, 0.2) is 0 Å². The molecule has 2 N–H and O–H groups in total. The van der Waals surface area contributed by atoms with Crippen molar-refractivity contribution in [3.05, 3.63) is 0 Å². The van der Waals surface area contributed by atoms with E-state index in [1.165, 1.54) is 0 Å². The maximum atomic E-state index is 11.1. The van der Waals surface area contributed by atoms with E-state index in [2.05, 4.69) is 5.32 Å². The summed E-state index contributed by atoms with van der Waals surface area (Å²) in [6, 6.07) is -0.237. The highest BCUT2D eigenvalue weighted by atomic mass is 16.4. The van der Waals surface area contributed by atoms with Gasteiger partial charge in [0.25, 0.3) is 0 Å². The monoisotopic (exact) mass is 186 g/mol. The standard InChI is InChI=1S/C8H14N2O3/c1-2-10-4-6(3-8(12)13)9-7(11)5-10/h6H,2-5H2,1H3,(H,9,11)(H,12,13). The highest BCUT2D eigenvalue weighted by Crippen LogP contribution is 2.02. The summed E-state index contributed by atoms with van der Waals surface area (Å²) in [4.78, 5) is 23.4. The normalized spacial score (nSPS) is 24.1. The molecule has 5 nitrogen and oxygen atoms in total. The number of carbonyl (C=O) groups is 2. The SMILES string of the molecule is CCN1CC(=O)NC(CC(=O)O)C1. The molecule has 0 bridgehead atoms. The van der Waals surface area contributed by atoms with Gasteiger partial charge in [-0.1, -0.05) is 6.92 Å². The Bertz CT molecular complexity index is 215. The second-order valence-electron chi connectivity index (χ2n) is 3.19. The summed E-state index contributed by atoms with van der Waals surface area (Å²) in [6.45, 7) is 3.75. The van der Waals surface area contributed by atoms with Crippen LogP contribution in [0.15, 0.2) is 0 Å². The largest absolute Gasteiger partial charge is 0.481 e. The van der Waals surface area contributed by atoms with E-state index in [9.17, 15) is 9.59 Å². The van der Waals surface area contributed by atoms with E-state index in [4.69, 9.17) is 5.11 Å². The average molecular weight is 186 g/mol. The van der Waals surface area contributed by atoms with E-state index in [0.717, 1.165) is 6.54 Å².